The van der Waals surface area contributed by atoms with Crippen molar-refractivity contribution in [1.82, 2.24) is 4.98 Å². The molecule has 0 saturated heterocycles. The van der Waals surface area contributed by atoms with Crippen LogP contribution in [0.25, 0.3) is 0 Å². The Morgan fingerprint density at radius 2 is 2.06 bits per heavy atom. The molecule has 0 spiro atoms. The fourth-order valence-electron chi connectivity index (χ4n) is 2.36. The molecule has 5 heteroatoms. The van der Waals surface area contributed by atoms with Crippen LogP contribution in [0, 0.1) is 0 Å². The molecule has 18 heavy (non-hydrogen) atoms. The van der Waals surface area contributed by atoms with E-state index in [1.807, 2.05) is 13.8 Å². The second-order valence-electron chi connectivity index (χ2n) is 4.88. The summed E-state index contributed by atoms with van der Waals surface area (Å²) in [5.41, 5.74) is 0.568. The Morgan fingerprint density at radius 3 is 2.61 bits per heavy atom. The third kappa shape index (κ3) is 2.18. The molecule has 0 saturated carbocycles. The maximum atomic E-state index is 13.7. The second kappa shape index (κ2) is 4.78. The topological polar surface area (TPSA) is 22.1 Å². The molecule has 0 amide bonds. The molecule has 0 unspecified atom stereocenters. The number of nitrogens with zero attached hydrogens (tertiary/aromatic N) is 1. The molecule has 0 fully saturated rings. The minimum Gasteiger partial charge on any atom is -0.489 e. The fourth-order valence-corrected chi connectivity index (χ4v) is 2.36. The number of hydrogen-bond donors (Lipinski definition) is 0. The molecule has 1 aromatic heterocycles. The van der Waals surface area contributed by atoms with Crippen molar-refractivity contribution < 1.29 is 17.9 Å². The summed E-state index contributed by atoms with van der Waals surface area (Å²) < 4.78 is 45.0. The molecule has 2 rings (SSSR count). The van der Waals surface area contributed by atoms with Gasteiger partial charge in [-0.15, -0.1) is 0 Å². The van der Waals surface area contributed by atoms with Crippen LogP contribution in [0.5, 0.6) is 5.75 Å². The van der Waals surface area contributed by atoms with E-state index in [0.29, 0.717) is 16.9 Å². The van der Waals surface area contributed by atoms with E-state index in [2.05, 4.69) is 4.98 Å². The van der Waals surface area contributed by atoms with Crippen LogP contribution in [-0.2, 0) is 6.42 Å². The van der Waals surface area contributed by atoms with Crippen molar-refractivity contribution in [3.63, 3.8) is 0 Å². The van der Waals surface area contributed by atoms with Gasteiger partial charge in [-0.2, -0.15) is 0 Å². The molecule has 0 aromatic carbocycles. The lowest BCUT2D eigenvalue weighted by Gasteiger charge is -2.16. The minimum atomic E-state index is -2.68. The molecule has 1 aromatic rings. The van der Waals surface area contributed by atoms with Crippen LogP contribution in [0.3, 0.4) is 0 Å². The third-order valence-corrected chi connectivity index (χ3v) is 3.19. The summed E-state index contributed by atoms with van der Waals surface area (Å²) in [6, 6.07) is 0. The SMILES string of the molecule is CC(C)Oc1cnc(C(F)F)c2c1C[C@@H](F)[C@H]2C. The number of rotatable bonds is 3. The Labute approximate surface area is 104 Å². The van der Waals surface area contributed by atoms with E-state index < -0.39 is 18.5 Å². The van der Waals surface area contributed by atoms with E-state index in [0.717, 1.165) is 0 Å². The minimum absolute atomic E-state index is 0.0951. The van der Waals surface area contributed by atoms with Gasteiger partial charge >= 0.3 is 0 Å². The van der Waals surface area contributed by atoms with Crippen molar-refractivity contribution in [2.45, 2.75) is 51.8 Å². The number of alkyl halides is 3. The maximum absolute atomic E-state index is 13.7. The van der Waals surface area contributed by atoms with E-state index in [1.165, 1.54) is 6.20 Å². The van der Waals surface area contributed by atoms with Gasteiger partial charge in [0, 0.05) is 17.9 Å². The zero-order valence-electron chi connectivity index (χ0n) is 10.6. The summed E-state index contributed by atoms with van der Waals surface area (Å²) in [5.74, 6) is -0.122. The standard InChI is InChI=1S/C13H16F3NO/c1-6(2)18-10-5-17-12(13(15)16)11-7(3)9(14)4-8(10)11/h5-7,9,13H,4H2,1-3H3/t7-,9-/m1/s1. The molecule has 1 heterocycles. The Morgan fingerprint density at radius 1 is 1.39 bits per heavy atom. The molecule has 2 nitrogen and oxygen atoms in total. The van der Waals surface area contributed by atoms with Crippen LogP contribution in [0.15, 0.2) is 6.20 Å². The van der Waals surface area contributed by atoms with Crippen molar-refractivity contribution >= 4 is 0 Å². The molecule has 1 aliphatic carbocycles. The molecule has 0 radical (unpaired) electrons. The van der Waals surface area contributed by atoms with Gasteiger partial charge < -0.3 is 4.74 Å². The van der Waals surface area contributed by atoms with Crippen LogP contribution >= 0.6 is 0 Å². The van der Waals surface area contributed by atoms with Crippen LogP contribution in [-0.4, -0.2) is 17.3 Å². The normalized spacial score (nSPS) is 22.7. The van der Waals surface area contributed by atoms with Gasteiger partial charge in [0.2, 0.25) is 0 Å². The van der Waals surface area contributed by atoms with Gasteiger partial charge in [0.05, 0.1) is 12.3 Å². The average Bonchev–Trinajstić information content (AvgIpc) is 2.56. The zero-order valence-corrected chi connectivity index (χ0v) is 10.6. The molecule has 0 aliphatic heterocycles. The summed E-state index contributed by atoms with van der Waals surface area (Å²) in [6.45, 7) is 5.28. The quantitative estimate of drug-likeness (QED) is 0.823. The van der Waals surface area contributed by atoms with E-state index >= 15 is 0 Å². The van der Waals surface area contributed by atoms with E-state index in [-0.39, 0.29) is 18.2 Å². The van der Waals surface area contributed by atoms with Gasteiger partial charge in [-0.25, -0.2) is 13.2 Å². The van der Waals surface area contributed by atoms with Gasteiger partial charge in [-0.3, -0.25) is 4.98 Å². The highest BCUT2D eigenvalue weighted by Gasteiger charge is 2.36. The highest BCUT2D eigenvalue weighted by atomic mass is 19.3. The lowest BCUT2D eigenvalue weighted by molar-refractivity contribution is 0.143. The van der Waals surface area contributed by atoms with Crippen molar-refractivity contribution in [2.24, 2.45) is 0 Å². The van der Waals surface area contributed by atoms with Crippen LogP contribution in [0.1, 0.15) is 49.9 Å². The number of hydrogen-bond acceptors (Lipinski definition) is 2. The summed E-state index contributed by atoms with van der Waals surface area (Å²) in [7, 11) is 0. The van der Waals surface area contributed by atoms with Crippen molar-refractivity contribution in [2.75, 3.05) is 0 Å². The Kier molecular flexibility index (Phi) is 3.50. The first-order valence-corrected chi connectivity index (χ1v) is 6.02. The summed E-state index contributed by atoms with van der Waals surface area (Å²) in [4.78, 5) is 3.75. The molecule has 100 valence electrons. The predicted octanol–water partition coefficient (Wildman–Crippen LogP) is 3.80. The summed E-state index contributed by atoms with van der Waals surface area (Å²) >= 11 is 0. The van der Waals surface area contributed by atoms with Crippen molar-refractivity contribution in [3.05, 3.63) is 23.0 Å². The van der Waals surface area contributed by atoms with Gasteiger partial charge in [0.25, 0.3) is 6.43 Å². The maximum Gasteiger partial charge on any atom is 0.280 e. The van der Waals surface area contributed by atoms with Crippen molar-refractivity contribution in [3.8, 4) is 5.75 Å². The molecule has 1 aliphatic rings. The van der Waals surface area contributed by atoms with Crippen LogP contribution < -0.4 is 4.74 Å². The number of fused-ring (bicyclic) bond motifs is 1. The first-order chi connectivity index (χ1) is 8.41. The average molecular weight is 259 g/mol. The highest BCUT2D eigenvalue weighted by molar-refractivity contribution is 5.48. The number of aromatic nitrogens is 1. The monoisotopic (exact) mass is 259 g/mol. The van der Waals surface area contributed by atoms with Crippen LogP contribution in [0.2, 0.25) is 0 Å². The summed E-state index contributed by atoms with van der Waals surface area (Å²) in [6.07, 6.45) is -2.51. The van der Waals surface area contributed by atoms with Gasteiger partial charge in [0.15, 0.2) is 0 Å². The van der Waals surface area contributed by atoms with Crippen LogP contribution in [0.4, 0.5) is 13.2 Å². The molecular weight excluding hydrogens is 243 g/mol. The molecule has 2 atom stereocenters. The lowest BCUT2D eigenvalue weighted by Crippen LogP contribution is -2.09. The first kappa shape index (κ1) is 13.2. The zero-order chi connectivity index (χ0) is 13.4. The predicted molar refractivity (Wildman–Crippen MR) is 62.0 cm³/mol. The molecule has 0 N–H and O–H groups in total. The van der Waals surface area contributed by atoms with Gasteiger partial charge in [0.1, 0.15) is 17.6 Å². The molecular formula is C13H16F3NO. The Bertz CT molecular complexity index is 448. The Balaban J connectivity index is 2.51. The fraction of sp³-hybridized carbons (Fsp3) is 0.615. The Hall–Kier alpha value is -1.26. The third-order valence-electron chi connectivity index (χ3n) is 3.19. The van der Waals surface area contributed by atoms with E-state index in [1.54, 1.807) is 6.92 Å². The number of ether oxygens (including phenoxy) is 1. The lowest BCUT2D eigenvalue weighted by atomic mass is 10.0. The van der Waals surface area contributed by atoms with E-state index in [4.69, 9.17) is 4.74 Å². The number of halogens is 3. The second-order valence-corrected chi connectivity index (χ2v) is 4.88. The summed E-state index contributed by atoms with van der Waals surface area (Å²) in [5, 5.41) is 0. The number of pyridine rings is 1. The molecule has 0 bridgehead atoms. The first-order valence-electron chi connectivity index (χ1n) is 6.02. The van der Waals surface area contributed by atoms with Gasteiger partial charge in [-0.05, 0) is 19.4 Å². The van der Waals surface area contributed by atoms with E-state index in [9.17, 15) is 13.2 Å². The smallest absolute Gasteiger partial charge is 0.280 e. The highest BCUT2D eigenvalue weighted by Crippen LogP contribution is 2.43. The van der Waals surface area contributed by atoms with Gasteiger partial charge in [-0.1, -0.05) is 6.92 Å². The largest absolute Gasteiger partial charge is 0.489 e. The van der Waals surface area contributed by atoms with Crippen molar-refractivity contribution in [1.29, 1.82) is 0 Å².